The van der Waals surface area contributed by atoms with E-state index >= 15 is 0 Å². The topological polar surface area (TPSA) is 72.4 Å². The molecule has 0 aromatic carbocycles. The number of rotatable bonds is 1. The van der Waals surface area contributed by atoms with Crippen molar-refractivity contribution in [1.29, 1.82) is 0 Å². The van der Waals surface area contributed by atoms with Crippen molar-refractivity contribution in [3.63, 3.8) is 0 Å². The molecule has 94 valence electrons. The molecule has 0 saturated heterocycles. The Kier molecular flexibility index (Phi) is 4.18. The Balaban J connectivity index is 0.000000171. The van der Waals surface area contributed by atoms with Crippen molar-refractivity contribution in [2.45, 2.75) is 19.5 Å². The molecule has 2 aromatic rings. The number of aryl methyl sites for hydroxylation is 2. The molecular weight excluding hydrogens is 237 g/mol. The lowest BCUT2D eigenvalue weighted by molar-refractivity contribution is -0.677. The molecule has 0 aliphatic carbocycles. The van der Waals surface area contributed by atoms with E-state index in [1.807, 2.05) is 19.4 Å². The fourth-order valence-corrected chi connectivity index (χ4v) is 1.05. The Morgan fingerprint density at radius 1 is 1.47 bits per heavy atom. The molecule has 1 N–H and O–H groups in total. The second-order valence-corrected chi connectivity index (χ2v) is 3.07. The van der Waals surface area contributed by atoms with Crippen LogP contribution in [0.25, 0.3) is 0 Å². The number of imidazole rings is 1. The van der Waals surface area contributed by atoms with Crippen molar-refractivity contribution in [3.8, 4) is 0 Å². The number of aromatic nitrogens is 6. The lowest BCUT2D eigenvalue weighted by Gasteiger charge is -2.02. The Labute approximate surface area is 94.9 Å². The molecule has 0 aliphatic rings. The Morgan fingerprint density at radius 2 is 2.18 bits per heavy atom. The largest absolute Gasteiger partial charge is 0.423 e. The number of nitrogens with one attached hydrogen (secondary N) is 1. The normalized spacial score (nSPS) is 10.9. The summed E-state index contributed by atoms with van der Waals surface area (Å²) in [6, 6.07) is 0. The van der Waals surface area contributed by atoms with E-state index in [9.17, 15) is 13.2 Å². The standard InChI is InChI=1S/C6H10N2.C2F3N4/c1-3-6-7-4-5-8(6)2;3-2(4,5)1-6-8-9-7-1/h4-5H,3H2,1-2H3;/q;-1/p+1. The van der Waals surface area contributed by atoms with Gasteiger partial charge in [0.1, 0.15) is 18.2 Å². The van der Waals surface area contributed by atoms with Crippen LogP contribution in [0.15, 0.2) is 12.4 Å². The van der Waals surface area contributed by atoms with Gasteiger partial charge in [-0.15, -0.1) is 0 Å². The predicted molar refractivity (Wildman–Crippen MR) is 49.5 cm³/mol. The molecule has 17 heavy (non-hydrogen) atoms. The zero-order valence-electron chi connectivity index (χ0n) is 9.23. The average molecular weight is 248 g/mol. The summed E-state index contributed by atoms with van der Waals surface area (Å²) in [6.07, 6.45) is 0.505. The van der Waals surface area contributed by atoms with Crippen LogP contribution in [0.4, 0.5) is 13.2 Å². The van der Waals surface area contributed by atoms with Crippen LogP contribution in [0.5, 0.6) is 0 Å². The highest BCUT2D eigenvalue weighted by Crippen LogP contribution is 2.23. The van der Waals surface area contributed by atoms with E-state index in [1.165, 1.54) is 5.82 Å². The highest BCUT2D eigenvalue weighted by atomic mass is 19.4. The van der Waals surface area contributed by atoms with Crippen molar-refractivity contribution in [2.75, 3.05) is 0 Å². The van der Waals surface area contributed by atoms with Crippen LogP contribution in [-0.4, -0.2) is 20.5 Å². The first kappa shape index (κ1) is 13.1. The van der Waals surface area contributed by atoms with Gasteiger partial charge in [0, 0.05) is 6.42 Å². The number of halogens is 3. The van der Waals surface area contributed by atoms with Gasteiger partial charge in [0.25, 0.3) is 5.82 Å². The third kappa shape index (κ3) is 3.85. The molecule has 0 spiro atoms. The van der Waals surface area contributed by atoms with Crippen LogP contribution >= 0.6 is 0 Å². The van der Waals surface area contributed by atoms with Crippen molar-refractivity contribution in [2.24, 2.45) is 7.05 Å². The summed E-state index contributed by atoms with van der Waals surface area (Å²) >= 11 is 0. The number of nitrogens with zero attached hydrogens (tertiary/aromatic N) is 5. The second-order valence-electron chi connectivity index (χ2n) is 3.07. The van der Waals surface area contributed by atoms with Crippen LogP contribution in [0.2, 0.25) is 0 Å². The summed E-state index contributed by atoms with van der Waals surface area (Å²) in [5, 5.41) is 10.5. The maximum atomic E-state index is 11.4. The summed E-state index contributed by atoms with van der Waals surface area (Å²) in [6.45, 7) is 2.13. The van der Waals surface area contributed by atoms with Crippen molar-refractivity contribution >= 4 is 0 Å². The molecule has 6 nitrogen and oxygen atoms in total. The first-order valence-corrected chi connectivity index (χ1v) is 4.73. The molecule has 2 rings (SSSR count). The Hall–Kier alpha value is -1.93. The number of tetrazole rings is 1. The molecular formula is C8H11F3N6. The lowest BCUT2D eigenvalue weighted by Crippen LogP contribution is -2.29. The predicted octanol–water partition coefficient (Wildman–Crippen LogP) is 0.249. The zero-order valence-corrected chi connectivity index (χ0v) is 9.23. The molecule has 0 atom stereocenters. The molecule has 0 fully saturated rings. The van der Waals surface area contributed by atoms with E-state index in [2.05, 4.69) is 37.1 Å². The quantitative estimate of drug-likeness (QED) is 0.734. The summed E-state index contributed by atoms with van der Waals surface area (Å²) in [5.74, 6) is -0.0347. The Bertz CT molecular complexity index is 432. The molecule has 2 heterocycles. The highest BCUT2D eigenvalue weighted by molar-refractivity contribution is 4.81. The molecule has 0 amide bonds. The number of hydrogen-bond acceptors (Lipinski definition) is 3. The van der Waals surface area contributed by atoms with Gasteiger partial charge in [0.15, 0.2) is 0 Å². The van der Waals surface area contributed by atoms with Crippen LogP contribution in [-0.2, 0) is 19.6 Å². The van der Waals surface area contributed by atoms with Gasteiger partial charge in [-0.3, -0.25) is 10.3 Å². The van der Waals surface area contributed by atoms with Crippen molar-refractivity contribution in [3.05, 3.63) is 24.0 Å². The van der Waals surface area contributed by atoms with Gasteiger partial charge in [0.05, 0.1) is 7.05 Å². The third-order valence-electron chi connectivity index (χ3n) is 1.88. The first-order chi connectivity index (χ1) is 7.95. The van der Waals surface area contributed by atoms with Gasteiger partial charge in [0.2, 0.25) is 0 Å². The molecule has 9 heteroatoms. The van der Waals surface area contributed by atoms with Crippen LogP contribution in [0, 0.1) is 0 Å². The summed E-state index contributed by atoms with van der Waals surface area (Å²) < 4.78 is 36.3. The summed E-state index contributed by atoms with van der Waals surface area (Å²) in [4.78, 5) is 3.12. The maximum absolute atomic E-state index is 11.4. The third-order valence-corrected chi connectivity index (χ3v) is 1.88. The van der Waals surface area contributed by atoms with E-state index in [4.69, 9.17) is 0 Å². The Morgan fingerprint density at radius 3 is 2.41 bits per heavy atom. The molecule has 0 radical (unpaired) electrons. The number of H-pyrrole nitrogens is 1. The van der Waals surface area contributed by atoms with E-state index < -0.39 is 12.0 Å². The second kappa shape index (κ2) is 5.41. The van der Waals surface area contributed by atoms with Crippen LogP contribution < -0.4 is 9.67 Å². The maximum Gasteiger partial charge on any atom is 0.423 e. The minimum Gasteiger partial charge on any atom is -0.327 e. The fraction of sp³-hybridized carbons (Fsp3) is 0.500. The minimum atomic E-state index is -4.52. The SMILES string of the molecule is CCc1[nH]cc[n+]1C.FC(F)(F)c1nnn[n-]1. The number of hydrogen-bond donors (Lipinski definition) is 1. The molecule has 0 saturated carbocycles. The zero-order chi connectivity index (χ0) is 12.9. The molecule has 0 aliphatic heterocycles. The summed E-state index contributed by atoms with van der Waals surface area (Å²) in [5.41, 5.74) is 0. The smallest absolute Gasteiger partial charge is 0.327 e. The van der Waals surface area contributed by atoms with Gasteiger partial charge in [-0.1, -0.05) is 6.92 Å². The number of aromatic amines is 1. The highest BCUT2D eigenvalue weighted by Gasteiger charge is 2.29. The van der Waals surface area contributed by atoms with Gasteiger partial charge in [-0.25, -0.2) is 9.55 Å². The van der Waals surface area contributed by atoms with Crippen molar-refractivity contribution in [1.82, 2.24) is 25.6 Å². The van der Waals surface area contributed by atoms with Crippen molar-refractivity contribution < 1.29 is 17.7 Å². The average Bonchev–Trinajstić information content (AvgIpc) is 2.86. The van der Waals surface area contributed by atoms with Crippen LogP contribution in [0.1, 0.15) is 18.6 Å². The van der Waals surface area contributed by atoms with Gasteiger partial charge in [-0.2, -0.15) is 18.4 Å². The molecule has 0 unspecified atom stereocenters. The van der Waals surface area contributed by atoms with Gasteiger partial charge < -0.3 is 5.10 Å². The van der Waals surface area contributed by atoms with E-state index in [0.29, 0.717) is 0 Å². The first-order valence-electron chi connectivity index (χ1n) is 4.73. The van der Waals surface area contributed by atoms with Gasteiger partial charge >= 0.3 is 6.18 Å². The summed E-state index contributed by atoms with van der Waals surface area (Å²) in [7, 11) is 2.04. The number of alkyl halides is 3. The lowest BCUT2D eigenvalue weighted by atomic mass is 10.5. The minimum absolute atomic E-state index is 1.07. The fourth-order valence-electron chi connectivity index (χ4n) is 1.05. The van der Waals surface area contributed by atoms with Crippen LogP contribution in [0.3, 0.4) is 0 Å². The van der Waals surface area contributed by atoms with E-state index in [1.54, 1.807) is 0 Å². The van der Waals surface area contributed by atoms with E-state index in [0.717, 1.165) is 6.42 Å². The molecule has 0 bridgehead atoms. The van der Waals surface area contributed by atoms with E-state index in [-0.39, 0.29) is 0 Å². The monoisotopic (exact) mass is 248 g/mol. The molecule has 2 aromatic heterocycles. The van der Waals surface area contributed by atoms with Gasteiger partial charge in [-0.05, 0) is 0 Å².